The van der Waals surface area contributed by atoms with Crippen molar-refractivity contribution >= 4 is 44.8 Å². The highest BCUT2D eigenvalue weighted by molar-refractivity contribution is 9.10. The molecule has 3 nitrogen and oxygen atoms in total. The molecule has 1 N–H and O–H groups in total. The number of carbonyl (C=O) groups excluding carboxylic acids is 1. The van der Waals surface area contributed by atoms with Gasteiger partial charge < -0.3 is 4.74 Å². The van der Waals surface area contributed by atoms with Crippen molar-refractivity contribution in [2.75, 3.05) is 7.11 Å². The molecule has 1 aromatic carbocycles. The van der Waals surface area contributed by atoms with Gasteiger partial charge in [0.05, 0.1) is 7.11 Å². The van der Waals surface area contributed by atoms with E-state index >= 15 is 0 Å². The zero-order valence-electron chi connectivity index (χ0n) is 10.7. The summed E-state index contributed by atoms with van der Waals surface area (Å²) in [5, 5.41) is 5.70. The first-order valence-electron chi connectivity index (χ1n) is 5.90. The van der Waals surface area contributed by atoms with Crippen molar-refractivity contribution in [2.24, 2.45) is 0 Å². The second-order valence-corrected chi connectivity index (χ2v) is 6.44. The number of hydrogen-bond donors (Lipinski definition) is 1. The highest BCUT2D eigenvalue weighted by Gasteiger charge is 2.23. The smallest absolute Gasteiger partial charge is 0.327 e. The van der Waals surface area contributed by atoms with E-state index in [1.807, 2.05) is 29.6 Å². The molecule has 20 heavy (non-hydrogen) atoms. The summed E-state index contributed by atoms with van der Waals surface area (Å²) in [5.74, 6) is -0.356. The van der Waals surface area contributed by atoms with Gasteiger partial charge in [-0.15, -0.1) is 11.3 Å². The van der Waals surface area contributed by atoms with Crippen LogP contribution >= 0.6 is 38.9 Å². The minimum atomic E-state index is -0.581. The number of carbonyl (C=O) groups is 1. The van der Waals surface area contributed by atoms with Crippen LogP contribution in [-0.4, -0.2) is 13.1 Å². The molecule has 1 atom stereocenters. The van der Waals surface area contributed by atoms with E-state index < -0.39 is 6.04 Å². The summed E-state index contributed by atoms with van der Waals surface area (Å²) < 4.78 is 5.72. The Balaban J connectivity index is 2.20. The molecule has 0 saturated carbocycles. The average Bonchev–Trinajstić information content (AvgIpc) is 2.93. The molecule has 6 heteroatoms. The van der Waals surface area contributed by atoms with E-state index in [4.69, 9.17) is 16.3 Å². The van der Waals surface area contributed by atoms with Crippen LogP contribution in [0.2, 0.25) is 5.02 Å². The lowest BCUT2D eigenvalue weighted by molar-refractivity contribution is -0.143. The second-order valence-electron chi connectivity index (χ2n) is 4.08. The van der Waals surface area contributed by atoms with Crippen LogP contribution in [0.25, 0.3) is 0 Å². The summed E-state index contributed by atoms with van der Waals surface area (Å²) in [6.07, 6.45) is 0. The molecule has 0 radical (unpaired) electrons. The van der Waals surface area contributed by atoms with E-state index in [1.54, 1.807) is 17.4 Å². The highest BCUT2D eigenvalue weighted by Crippen LogP contribution is 2.27. The predicted molar refractivity (Wildman–Crippen MR) is 85.1 cm³/mol. The van der Waals surface area contributed by atoms with Crippen LogP contribution < -0.4 is 5.32 Å². The Morgan fingerprint density at radius 1 is 1.50 bits per heavy atom. The van der Waals surface area contributed by atoms with Gasteiger partial charge in [0, 0.05) is 20.9 Å². The molecule has 106 valence electrons. The molecule has 2 rings (SSSR count). The molecule has 0 spiro atoms. The standard InChI is InChI=1S/C14H13BrClNO2S/c1-19-14(18)13(17-8-10-3-2-6-20-10)11-5-4-9(15)7-12(11)16/h2-7,13,17H,8H2,1H3. The Kier molecular flexibility index (Phi) is 5.60. The van der Waals surface area contributed by atoms with Gasteiger partial charge in [-0.3, -0.25) is 5.32 Å². The molecule has 0 bridgehead atoms. The molecule has 1 heterocycles. The van der Waals surface area contributed by atoms with Gasteiger partial charge in [-0.05, 0) is 29.1 Å². The fourth-order valence-electron chi connectivity index (χ4n) is 1.79. The number of rotatable bonds is 5. The van der Waals surface area contributed by atoms with Crippen molar-refractivity contribution in [1.29, 1.82) is 0 Å². The third kappa shape index (κ3) is 3.82. The van der Waals surface area contributed by atoms with Gasteiger partial charge >= 0.3 is 5.97 Å². The maximum Gasteiger partial charge on any atom is 0.327 e. The van der Waals surface area contributed by atoms with Crippen molar-refractivity contribution in [3.8, 4) is 0 Å². The average molecular weight is 375 g/mol. The number of benzene rings is 1. The lowest BCUT2D eigenvalue weighted by Gasteiger charge is -2.18. The topological polar surface area (TPSA) is 38.3 Å². The van der Waals surface area contributed by atoms with Gasteiger partial charge in [0.2, 0.25) is 0 Å². The van der Waals surface area contributed by atoms with E-state index in [1.165, 1.54) is 7.11 Å². The van der Waals surface area contributed by atoms with Gasteiger partial charge in [-0.1, -0.05) is 39.7 Å². The summed E-state index contributed by atoms with van der Waals surface area (Å²) in [6, 6.07) is 8.83. The Bertz CT molecular complexity index is 589. The van der Waals surface area contributed by atoms with Crippen LogP contribution in [0.5, 0.6) is 0 Å². The van der Waals surface area contributed by atoms with Crippen LogP contribution in [0.15, 0.2) is 40.2 Å². The molecular weight excluding hydrogens is 362 g/mol. The molecule has 0 saturated heterocycles. The van der Waals surface area contributed by atoms with Crippen LogP contribution in [0.3, 0.4) is 0 Å². The molecule has 1 aromatic heterocycles. The minimum Gasteiger partial charge on any atom is -0.468 e. The lowest BCUT2D eigenvalue weighted by Crippen LogP contribution is -2.29. The fraction of sp³-hybridized carbons (Fsp3) is 0.214. The monoisotopic (exact) mass is 373 g/mol. The normalized spacial score (nSPS) is 12.2. The third-order valence-electron chi connectivity index (χ3n) is 2.77. The lowest BCUT2D eigenvalue weighted by atomic mass is 10.1. The Labute approximate surface area is 135 Å². The fourth-order valence-corrected chi connectivity index (χ4v) is 3.23. The van der Waals surface area contributed by atoms with Gasteiger partial charge in [0.15, 0.2) is 0 Å². The Morgan fingerprint density at radius 3 is 2.90 bits per heavy atom. The molecular formula is C14H13BrClNO2S. The van der Waals surface area contributed by atoms with E-state index in [0.717, 1.165) is 9.35 Å². The van der Waals surface area contributed by atoms with Gasteiger partial charge in [-0.2, -0.15) is 0 Å². The number of esters is 1. The van der Waals surface area contributed by atoms with E-state index in [2.05, 4.69) is 21.2 Å². The van der Waals surface area contributed by atoms with E-state index in [9.17, 15) is 4.79 Å². The van der Waals surface area contributed by atoms with E-state index in [-0.39, 0.29) is 5.97 Å². The second kappa shape index (κ2) is 7.22. The summed E-state index contributed by atoms with van der Waals surface area (Å²) in [6.45, 7) is 0.587. The van der Waals surface area contributed by atoms with Crippen molar-refractivity contribution in [3.05, 3.63) is 55.6 Å². The van der Waals surface area contributed by atoms with Crippen LogP contribution in [0.4, 0.5) is 0 Å². The number of hydrogen-bond acceptors (Lipinski definition) is 4. The maximum absolute atomic E-state index is 12.0. The van der Waals surface area contributed by atoms with Crippen LogP contribution in [-0.2, 0) is 16.1 Å². The van der Waals surface area contributed by atoms with E-state index in [0.29, 0.717) is 17.1 Å². The predicted octanol–water partition coefficient (Wildman–Crippen LogP) is 4.17. The number of ether oxygens (including phenoxy) is 1. The van der Waals surface area contributed by atoms with Crippen molar-refractivity contribution in [3.63, 3.8) is 0 Å². The number of thiophene rings is 1. The number of nitrogens with one attached hydrogen (secondary N) is 1. The molecule has 0 aliphatic carbocycles. The quantitative estimate of drug-likeness (QED) is 0.798. The van der Waals surface area contributed by atoms with Crippen molar-refractivity contribution in [1.82, 2.24) is 5.32 Å². The Morgan fingerprint density at radius 2 is 2.30 bits per heavy atom. The first-order valence-corrected chi connectivity index (χ1v) is 7.95. The van der Waals surface area contributed by atoms with Crippen LogP contribution in [0, 0.1) is 0 Å². The summed E-state index contributed by atoms with van der Waals surface area (Å²) >= 11 is 11.2. The summed E-state index contributed by atoms with van der Waals surface area (Å²) in [5.41, 5.74) is 0.707. The maximum atomic E-state index is 12.0. The number of halogens is 2. The molecule has 0 amide bonds. The van der Waals surface area contributed by atoms with Crippen molar-refractivity contribution < 1.29 is 9.53 Å². The summed E-state index contributed by atoms with van der Waals surface area (Å²) in [4.78, 5) is 13.1. The first kappa shape index (κ1) is 15.5. The SMILES string of the molecule is COC(=O)C(NCc1cccs1)c1ccc(Br)cc1Cl. The third-order valence-corrected chi connectivity index (χ3v) is 4.47. The highest BCUT2D eigenvalue weighted by atomic mass is 79.9. The number of methoxy groups -OCH3 is 1. The summed E-state index contributed by atoms with van der Waals surface area (Å²) in [7, 11) is 1.37. The van der Waals surface area contributed by atoms with Crippen LogP contribution in [0.1, 0.15) is 16.5 Å². The largest absolute Gasteiger partial charge is 0.468 e. The Hall–Kier alpha value is -0.880. The molecule has 0 aliphatic rings. The molecule has 0 aliphatic heterocycles. The van der Waals surface area contributed by atoms with Gasteiger partial charge in [0.25, 0.3) is 0 Å². The van der Waals surface area contributed by atoms with Crippen molar-refractivity contribution in [2.45, 2.75) is 12.6 Å². The van der Waals surface area contributed by atoms with Gasteiger partial charge in [0.1, 0.15) is 6.04 Å². The molecule has 1 unspecified atom stereocenters. The molecule has 2 aromatic rings. The minimum absolute atomic E-state index is 0.356. The zero-order chi connectivity index (χ0) is 14.5. The zero-order valence-corrected chi connectivity index (χ0v) is 13.9. The van der Waals surface area contributed by atoms with Gasteiger partial charge in [-0.25, -0.2) is 4.79 Å². The first-order chi connectivity index (χ1) is 9.61. The molecule has 0 fully saturated rings.